The van der Waals surface area contributed by atoms with Gasteiger partial charge in [0.2, 0.25) is 5.78 Å². The van der Waals surface area contributed by atoms with Gasteiger partial charge in [-0.1, -0.05) is 38.1 Å². The molecule has 1 N–H and O–H groups in total. The highest BCUT2D eigenvalue weighted by Crippen LogP contribution is 2.15. The molecule has 0 bridgehead atoms. The monoisotopic (exact) mass is 363 g/mol. The number of Topliss-reactive ketones (excluding diaryl/α,β-unsaturated/α-hetero) is 1. The van der Waals surface area contributed by atoms with Crippen molar-refractivity contribution in [2.75, 3.05) is 6.61 Å². The number of aryl methyl sites for hydroxylation is 2. The number of hydrogen-bond acceptors (Lipinski definition) is 4. The van der Waals surface area contributed by atoms with E-state index in [2.05, 4.69) is 4.98 Å². The number of carbonyl (C=O) groups excluding carboxylic acids is 2. The molecule has 2 aromatic carbocycles. The summed E-state index contributed by atoms with van der Waals surface area (Å²) in [6, 6.07) is 13.9. The molecule has 0 saturated heterocycles. The van der Waals surface area contributed by atoms with Crippen LogP contribution in [0.15, 0.2) is 53.3 Å². The van der Waals surface area contributed by atoms with E-state index in [1.807, 2.05) is 32.0 Å². The van der Waals surface area contributed by atoms with Gasteiger partial charge in [0.1, 0.15) is 5.69 Å². The van der Waals surface area contributed by atoms with Gasteiger partial charge in [-0.25, -0.2) is 4.79 Å². The van der Waals surface area contributed by atoms with Crippen LogP contribution in [0.5, 0.6) is 0 Å². The van der Waals surface area contributed by atoms with Crippen molar-refractivity contribution in [3.63, 3.8) is 0 Å². The number of ketones is 1. The summed E-state index contributed by atoms with van der Waals surface area (Å²) in [6.45, 7) is 3.63. The van der Waals surface area contributed by atoms with Crippen LogP contribution < -0.4 is 5.43 Å². The molecule has 3 rings (SSSR count). The first kappa shape index (κ1) is 18.6. The first-order valence-electron chi connectivity index (χ1n) is 8.97. The van der Waals surface area contributed by atoms with Gasteiger partial charge in [0.25, 0.3) is 0 Å². The summed E-state index contributed by atoms with van der Waals surface area (Å²) < 4.78 is 5.16. The van der Waals surface area contributed by atoms with Crippen molar-refractivity contribution in [2.24, 2.45) is 0 Å². The molecule has 0 aliphatic heterocycles. The van der Waals surface area contributed by atoms with E-state index in [9.17, 15) is 14.4 Å². The van der Waals surface area contributed by atoms with Crippen molar-refractivity contribution >= 4 is 22.7 Å². The van der Waals surface area contributed by atoms with Gasteiger partial charge < -0.3 is 9.72 Å². The average molecular weight is 363 g/mol. The van der Waals surface area contributed by atoms with E-state index in [0.29, 0.717) is 16.5 Å². The van der Waals surface area contributed by atoms with Gasteiger partial charge >= 0.3 is 5.97 Å². The number of fused-ring (bicyclic) bond motifs is 1. The lowest BCUT2D eigenvalue weighted by Gasteiger charge is -2.10. The second kappa shape index (κ2) is 7.99. The van der Waals surface area contributed by atoms with Crippen molar-refractivity contribution in [3.8, 4) is 0 Å². The predicted molar refractivity (Wildman–Crippen MR) is 104 cm³/mol. The molecule has 0 spiro atoms. The molecule has 0 atom stereocenters. The minimum absolute atomic E-state index is 0.0320. The number of nitrogens with one attached hydrogen (secondary N) is 1. The first-order chi connectivity index (χ1) is 13.0. The van der Waals surface area contributed by atoms with E-state index >= 15 is 0 Å². The van der Waals surface area contributed by atoms with Crippen LogP contribution in [0.25, 0.3) is 10.9 Å². The Morgan fingerprint density at radius 3 is 2.52 bits per heavy atom. The Hall–Kier alpha value is -3.21. The van der Waals surface area contributed by atoms with Gasteiger partial charge in [0.05, 0.1) is 0 Å². The molecule has 1 heterocycles. The zero-order valence-electron chi connectivity index (χ0n) is 15.4. The van der Waals surface area contributed by atoms with E-state index in [-0.39, 0.29) is 23.5 Å². The molecule has 5 nitrogen and oxygen atoms in total. The highest BCUT2D eigenvalue weighted by molar-refractivity contribution is 6.00. The molecule has 0 amide bonds. The third-order valence-electron chi connectivity index (χ3n) is 4.56. The van der Waals surface area contributed by atoms with E-state index in [1.54, 1.807) is 24.3 Å². The van der Waals surface area contributed by atoms with Crippen LogP contribution in [0, 0.1) is 0 Å². The zero-order valence-corrected chi connectivity index (χ0v) is 15.4. The molecule has 138 valence electrons. The lowest BCUT2D eigenvalue weighted by Crippen LogP contribution is -2.18. The van der Waals surface area contributed by atoms with Gasteiger partial charge in [-0.15, -0.1) is 0 Å². The summed E-state index contributed by atoms with van der Waals surface area (Å²) in [4.78, 5) is 39.9. The van der Waals surface area contributed by atoms with Crippen LogP contribution in [0.1, 0.15) is 45.8 Å². The van der Waals surface area contributed by atoms with Crippen molar-refractivity contribution in [3.05, 3.63) is 81.1 Å². The van der Waals surface area contributed by atoms with Gasteiger partial charge in [0, 0.05) is 22.5 Å². The van der Waals surface area contributed by atoms with Gasteiger partial charge in [-0.2, -0.15) is 0 Å². The number of H-pyrrole nitrogens is 1. The molecule has 0 aliphatic rings. The summed E-state index contributed by atoms with van der Waals surface area (Å²) in [5, 5.41) is 0.495. The number of rotatable bonds is 6. The molecule has 27 heavy (non-hydrogen) atoms. The van der Waals surface area contributed by atoms with Crippen LogP contribution >= 0.6 is 0 Å². The Morgan fingerprint density at radius 2 is 1.78 bits per heavy atom. The number of hydrogen-bond donors (Lipinski definition) is 1. The zero-order chi connectivity index (χ0) is 19.4. The largest absolute Gasteiger partial charge is 0.453 e. The van der Waals surface area contributed by atoms with Crippen LogP contribution in [0.2, 0.25) is 0 Å². The molecule has 0 fully saturated rings. The topological polar surface area (TPSA) is 76.2 Å². The fourth-order valence-electron chi connectivity index (χ4n) is 3.00. The number of para-hydroxylation sites is 1. The summed E-state index contributed by atoms with van der Waals surface area (Å²) in [6.07, 6.45) is 1.54. The highest BCUT2D eigenvalue weighted by atomic mass is 16.5. The number of ether oxygens (including phenoxy) is 1. The molecule has 0 radical (unpaired) electrons. The SMILES string of the molecule is CCc1ccc(CC)c(C(=O)COC(=O)c2cc(=O)c3ccccc3[nH]2)c1. The van der Waals surface area contributed by atoms with Crippen LogP contribution in [-0.2, 0) is 17.6 Å². The normalized spacial score (nSPS) is 10.7. The Labute approximate surface area is 157 Å². The molecule has 1 aromatic heterocycles. The maximum absolute atomic E-state index is 12.6. The lowest BCUT2D eigenvalue weighted by molar-refractivity contribution is 0.0469. The molecular formula is C22H21NO4. The minimum atomic E-state index is -0.726. The minimum Gasteiger partial charge on any atom is -0.453 e. The van der Waals surface area contributed by atoms with Crippen molar-refractivity contribution in [1.82, 2.24) is 4.98 Å². The van der Waals surface area contributed by atoms with Crippen molar-refractivity contribution < 1.29 is 14.3 Å². The second-order valence-electron chi connectivity index (χ2n) is 6.29. The quantitative estimate of drug-likeness (QED) is 0.535. The van der Waals surface area contributed by atoms with Crippen LogP contribution in [0.4, 0.5) is 0 Å². The Bertz CT molecular complexity index is 1070. The lowest BCUT2D eigenvalue weighted by atomic mass is 9.98. The number of aromatic amines is 1. The van der Waals surface area contributed by atoms with Gasteiger partial charge in [-0.05, 0) is 42.2 Å². The van der Waals surface area contributed by atoms with Crippen molar-refractivity contribution in [1.29, 1.82) is 0 Å². The highest BCUT2D eigenvalue weighted by Gasteiger charge is 2.16. The Balaban J connectivity index is 1.78. The Kier molecular flexibility index (Phi) is 5.50. The predicted octanol–water partition coefficient (Wildman–Crippen LogP) is 3.69. The van der Waals surface area contributed by atoms with Crippen LogP contribution in [-0.4, -0.2) is 23.3 Å². The smallest absolute Gasteiger partial charge is 0.355 e. The number of benzene rings is 2. The number of pyridine rings is 1. The van der Waals surface area contributed by atoms with Gasteiger partial charge in [0.15, 0.2) is 12.0 Å². The summed E-state index contributed by atoms with van der Waals surface area (Å²) >= 11 is 0. The number of esters is 1. The molecule has 0 aliphatic carbocycles. The molecule has 5 heteroatoms. The van der Waals surface area contributed by atoms with E-state index in [1.165, 1.54) is 6.07 Å². The average Bonchev–Trinajstić information content (AvgIpc) is 2.71. The number of carbonyl (C=O) groups is 2. The first-order valence-corrected chi connectivity index (χ1v) is 8.97. The van der Waals surface area contributed by atoms with Crippen molar-refractivity contribution in [2.45, 2.75) is 26.7 Å². The summed E-state index contributed by atoms with van der Waals surface area (Å²) in [5.41, 5.74) is 2.87. The Morgan fingerprint density at radius 1 is 1.00 bits per heavy atom. The maximum Gasteiger partial charge on any atom is 0.355 e. The third kappa shape index (κ3) is 3.97. The van der Waals surface area contributed by atoms with E-state index in [4.69, 9.17) is 4.74 Å². The molecular weight excluding hydrogens is 342 g/mol. The molecule has 0 unspecified atom stereocenters. The standard InChI is InChI=1S/C22H21NO4/c1-3-14-9-10-15(4-2)17(11-14)21(25)13-27-22(26)19-12-20(24)16-7-5-6-8-18(16)23-19/h5-12H,3-4,13H2,1-2H3,(H,23,24). The summed E-state index contributed by atoms with van der Waals surface area (Å²) in [7, 11) is 0. The third-order valence-corrected chi connectivity index (χ3v) is 4.56. The fourth-order valence-corrected chi connectivity index (χ4v) is 3.00. The maximum atomic E-state index is 12.6. The van der Waals surface area contributed by atoms with E-state index < -0.39 is 5.97 Å². The summed E-state index contributed by atoms with van der Waals surface area (Å²) in [5.74, 6) is -0.977. The van der Waals surface area contributed by atoms with Crippen LogP contribution in [0.3, 0.4) is 0 Å². The van der Waals surface area contributed by atoms with E-state index in [0.717, 1.165) is 24.0 Å². The fraction of sp³-hybridized carbons (Fsp3) is 0.227. The molecule has 3 aromatic rings. The number of aromatic nitrogens is 1. The van der Waals surface area contributed by atoms with Gasteiger partial charge in [-0.3, -0.25) is 9.59 Å². The molecule has 0 saturated carbocycles. The second-order valence-corrected chi connectivity index (χ2v) is 6.29.